The Morgan fingerprint density at radius 1 is 0.867 bits per heavy atom. The van der Waals surface area contributed by atoms with Crippen LogP contribution in [0.2, 0.25) is 0 Å². The standard InChI is InChI=1S/C14H10S/c1-9-3-4-10(2)13-8-14-11(5-6-15-14)7-12(9)13/h3-8H,1-2H2. The van der Waals surface area contributed by atoms with E-state index in [0.717, 1.165) is 10.4 Å². The molecular weight excluding hydrogens is 200 g/mol. The molecule has 0 saturated heterocycles. The first kappa shape index (κ1) is 8.69. The van der Waals surface area contributed by atoms with Crippen molar-refractivity contribution in [3.63, 3.8) is 0 Å². The van der Waals surface area contributed by atoms with Crippen molar-refractivity contribution in [1.82, 2.24) is 0 Å². The predicted molar refractivity (Wildman–Crippen MR) is 69.6 cm³/mol. The van der Waals surface area contributed by atoms with Gasteiger partial charge >= 0.3 is 0 Å². The molecule has 0 spiro atoms. The van der Waals surface area contributed by atoms with E-state index < -0.39 is 0 Å². The maximum Gasteiger partial charge on any atom is 0.0349 e. The Labute approximate surface area is 91.8 Å². The summed E-state index contributed by atoms with van der Waals surface area (Å²) >= 11 is 1.77. The average Bonchev–Trinajstić information content (AvgIpc) is 2.69. The normalized spacial score (nSPS) is 11.2. The summed E-state index contributed by atoms with van der Waals surface area (Å²) in [5.74, 6) is 0. The maximum atomic E-state index is 4.06. The summed E-state index contributed by atoms with van der Waals surface area (Å²) in [6, 6.07) is 10.6. The van der Waals surface area contributed by atoms with Gasteiger partial charge in [0.05, 0.1) is 0 Å². The average molecular weight is 210 g/mol. The quantitative estimate of drug-likeness (QED) is 0.535. The van der Waals surface area contributed by atoms with Crippen LogP contribution in [0.4, 0.5) is 0 Å². The first-order chi connectivity index (χ1) is 7.25. The zero-order chi connectivity index (χ0) is 10.4. The molecule has 0 unspecified atom stereocenters. The molecule has 0 radical (unpaired) electrons. The fraction of sp³-hybridized carbons (Fsp3) is 0. The molecule has 0 bridgehead atoms. The molecule has 0 amide bonds. The van der Waals surface area contributed by atoms with E-state index in [0.29, 0.717) is 0 Å². The lowest BCUT2D eigenvalue weighted by Crippen LogP contribution is -2.07. The van der Waals surface area contributed by atoms with Crippen LogP contribution >= 0.6 is 11.3 Å². The summed E-state index contributed by atoms with van der Waals surface area (Å²) in [5, 5.41) is 8.00. The third kappa shape index (κ3) is 1.20. The second kappa shape index (κ2) is 2.94. The van der Waals surface area contributed by atoms with E-state index in [1.165, 1.54) is 20.9 Å². The summed E-state index contributed by atoms with van der Waals surface area (Å²) < 4.78 is 1.32. The van der Waals surface area contributed by atoms with Crippen molar-refractivity contribution in [2.24, 2.45) is 0 Å². The second-order valence-electron chi connectivity index (χ2n) is 3.74. The van der Waals surface area contributed by atoms with Crippen molar-refractivity contribution in [2.45, 2.75) is 0 Å². The lowest BCUT2D eigenvalue weighted by Gasteiger charge is -1.99. The highest BCUT2D eigenvalue weighted by molar-refractivity contribution is 7.17. The molecule has 72 valence electrons. The number of hydrogen-bond donors (Lipinski definition) is 0. The Bertz CT molecular complexity index is 686. The Morgan fingerprint density at radius 2 is 1.53 bits per heavy atom. The molecule has 1 heteroatoms. The van der Waals surface area contributed by atoms with Crippen LogP contribution in [-0.2, 0) is 0 Å². The van der Waals surface area contributed by atoms with Crippen LogP contribution in [0.1, 0.15) is 0 Å². The van der Waals surface area contributed by atoms with Gasteiger partial charge in [0, 0.05) is 4.70 Å². The summed E-state index contributed by atoms with van der Waals surface area (Å²) in [6.07, 6.45) is 0. The number of hydrogen-bond acceptors (Lipinski definition) is 1. The largest absolute Gasteiger partial charge is 0.144 e. The molecule has 0 N–H and O–H groups in total. The van der Waals surface area contributed by atoms with E-state index in [2.05, 4.69) is 36.7 Å². The predicted octanol–water partition coefficient (Wildman–Crippen LogP) is 2.88. The van der Waals surface area contributed by atoms with Gasteiger partial charge in [-0.25, -0.2) is 0 Å². The summed E-state index contributed by atoms with van der Waals surface area (Å²) in [6.45, 7) is 8.11. The van der Waals surface area contributed by atoms with Gasteiger partial charge in [0.2, 0.25) is 0 Å². The molecule has 3 rings (SSSR count). The van der Waals surface area contributed by atoms with Crippen molar-refractivity contribution in [3.05, 3.63) is 46.1 Å². The Morgan fingerprint density at radius 3 is 2.27 bits per heavy atom. The molecule has 0 aliphatic heterocycles. The van der Waals surface area contributed by atoms with Crippen molar-refractivity contribution in [3.8, 4) is 0 Å². The molecule has 15 heavy (non-hydrogen) atoms. The minimum Gasteiger partial charge on any atom is -0.144 e. The van der Waals surface area contributed by atoms with Crippen LogP contribution in [-0.4, -0.2) is 0 Å². The molecule has 0 nitrogen and oxygen atoms in total. The Hall–Kier alpha value is -1.60. The minimum atomic E-state index is 1.07. The van der Waals surface area contributed by atoms with Gasteiger partial charge in [-0.1, -0.05) is 25.3 Å². The van der Waals surface area contributed by atoms with E-state index in [-0.39, 0.29) is 0 Å². The third-order valence-electron chi connectivity index (χ3n) is 2.77. The van der Waals surface area contributed by atoms with Crippen LogP contribution in [0.3, 0.4) is 0 Å². The van der Waals surface area contributed by atoms with Gasteiger partial charge in [-0.3, -0.25) is 0 Å². The second-order valence-corrected chi connectivity index (χ2v) is 4.69. The van der Waals surface area contributed by atoms with Gasteiger partial charge < -0.3 is 0 Å². The summed E-state index contributed by atoms with van der Waals surface area (Å²) in [7, 11) is 0. The van der Waals surface area contributed by atoms with E-state index in [9.17, 15) is 0 Å². The van der Waals surface area contributed by atoms with Crippen molar-refractivity contribution in [2.75, 3.05) is 0 Å². The maximum absolute atomic E-state index is 4.06. The van der Waals surface area contributed by atoms with Crippen LogP contribution < -0.4 is 10.4 Å². The van der Waals surface area contributed by atoms with Gasteiger partial charge in [-0.05, 0) is 50.2 Å². The van der Waals surface area contributed by atoms with E-state index in [4.69, 9.17) is 0 Å². The molecule has 1 aromatic heterocycles. The molecule has 1 heterocycles. The monoisotopic (exact) mass is 210 g/mol. The van der Waals surface area contributed by atoms with E-state index >= 15 is 0 Å². The molecule has 0 aliphatic carbocycles. The fourth-order valence-electron chi connectivity index (χ4n) is 1.92. The number of benzene rings is 2. The lowest BCUT2D eigenvalue weighted by atomic mass is 10.1. The van der Waals surface area contributed by atoms with E-state index in [1.54, 1.807) is 11.3 Å². The van der Waals surface area contributed by atoms with Crippen LogP contribution in [0.25, 0.3) is 34.0 Å². The lowest BCUT2D eigenvalue weighted by molar-refractivity contribution is 1.67. The van der Waals surface area contributed by atoms with Crippen LogP contribution in [0.15, 0.2) is 35.7 Å². The molecule has 0 saturated carbocycles. The Kier molecular flexibility index (Phi) is 1.70. The first-order valence-corrected chi connectivity index (χ1v) is 5.71. The van der Waals surface area contributed by atoms with Gasteiger partial charge in [0.25, 0.3) is 0 Å². The van der Waals surface area contributed by atoms with Crippen molar-refractivity contribution in [1.29, 1.82) is 0 Å². The fourth-order valence-corrected chi connectivity index (χ4v) is 2.73. The smallest absolute Gasteiger partial charge is 0.0349 e. The number of thiophene rings is 1. The third-order valence-corrected chi connectivity index (χ3v) is 3.65. The highest BCUT2D eigenvalue weighted by atomic mass is 32.1. The SMILES string of the molecule is C=c1ccc(=C)c2cc3sccc3cc12. The van der Waals surface area contributed by atoms with Gasteiger partial charge in [-0.2, -0.15) is 0 Å². The highest BCUT2D eigenvalue weighted by Crippen LogP contribution is 2.23. The van der Waals surface area contributed by atoms with Crippen LogP contribution in [0, 0.1) is 0 Å². The van der Waals surface area contributed by atoms with Crippen molar-refractivity contribution < 1.29 is 0 Å². The highest BCUT2D eigenvalue weighted by Gasteiger charge is 2.00. The van der Waals surface area contributed by atoms with Crippen molar-refractivity contribution >= 4 is 45.4 Å². The van der Waals surface area contributed by atoms with Crippen LogP contribution in [0.5, 0.6) is 0 Å². The first-order valence-electron chi connectivity index (χ1n) is 4.83. The van der Waals surface area contributed by atoms with E-state index in [1.807, 2.05) is 12.1 Å². The Balaban J connectivity index is 2.71. The van der Waals surface area contributed by atoms with Gasteiger partial charge in [0.1, 0.15) is 0 Å². The molecule has 0 atom stereocenters. The minimum absolute atomic E-state index is 1.07. The number of rotatable bonds is 0. The number of fused-ring (bicyclic) bond motifs is 2. The molecule has 3 aromatic rings. The zero-order valence-corrected chi connectivity index (χ0v) is 9.10. The summed E-state index contributed by atoms with van der Waals surface area (Å²) in [5.41, 5.74) is 0. The summed E-state index contributed by atoms with van der Waals surface area (Å²) in [4.78, 5) is 0. The molecule has 0 aliphatic rings. The van der Waals surface area contributed by atoms with Gasteiger partial charge in [0.15, 0.2) is 0 Å². The molecule has 2 aromatic carbocycles. The van der Waals surface area contributed by atoms with Gasteiger partial charge in [-0.15, -0.1) is 11.3 Å². The molecular formula is C14H10S. The molecule has 0 fully saturated rings. The topological polar surface area (TPSA) is 0 Å². The zero-order valence-electron chi connectivity index (χ0n) is 8.29.